The van der Waals surface area contributed by atoms with Crippen molar-refractivity contribution in [3.05, 3.63) is 85.5 Å². The summed E-state index contributed by atoms with van der Waals surface area (Å²) in [6.07, 6.45) is 6.80. The number of hydrogen-bond acceptors (Lipinski definition) is 10. The smallest absolute Gasteiger partial charge is 0.283 e. The van der Waals surface area contributed by atoms with Crippen LogP contribution < -0.4 is 0 Å². The Hall–Kier alpha value is -4.05. The molecule has 13 nitrogen and oxygen atoms in total. The first-order valence-electron chi connectivity index (χ1n) is 15.7. The van der Waals surface area contributed by atoms with Crippen molar-refractivity contribution in [2.45, 2.75) is 71.7 Å². The van der Waals surface area contributed by atoms with E-state index in [-0.39, 0.29) is 67.0 Å². The molecule has 0 bridgehead atoms. The Balaban J connectivity index is 0.00000257. The Morgan fingerprint density at radius 3 is 2.35 bits per heavy atom. The van der Waals surface area contributed by atoms with Gasteiger partial charge in [-0.05, 0) is 70.4 Å². The van der Waals surface area contributed by atoms with Crippen molar-refractivity contribution >= 4 is 44.0 Å². The third kappa shape index (κ3) is 11.1. The summed E-state index contributed by atoms with van der Waals surface area (Å²) >= 11 is 0. The third-order valence-corrected chi connectivity index (χ3v) is 8.98. The second-order valence-electron chi connectivity index (χ2n) is 10.7. The van der Waals surface area contributed by atoms with Gasteiger partial charge in [-0.25, -0.2) is 4.67 Å². The van der Waals surface area contributed by atoms with Crippen LogP contribution in [0.1, 0.15) is 65.5 Å². The number of carbonyl (C=O) groups is 1. The number of aliphatic hydroxyl groups is 1. The summed E-state index contributed by atoms with van der Waals surface area (Å²) in [5.41, 5.74) is 1.02. The van der Waals surface area contributed by atoms with Crippen LogP contribution in [0.5, 0.6) is 0 Å². The van der Waals surface area contributed by atoms with E-state index in [0.29, 0.717) is 13.0 Å². The Morgan fingerprint density at radius 2 is 1.80 bits per heavy atom. The molecule has 1 N–H and O–H groups in total. The summed E-state index contributed by atoms with van der Waals surface area (Å²) in [6, 6.07) is 12.7. The quantitative estimate of drug-likeness (QED) is 0.0584. The number of nitro benzene ring substituents is 2. The predicted octanol–water partition coefficient (Wildman–Crippen LogP) is 6.58. The zero-order valence-corrected chi connectivity index (χ0v) is 27.5. The Morgan fingerprint density at radius 1 is 1.17 bits per heavy atom. The van der Waals surface area contributed by atoms with Gasteiger partial charge in [0.05, 0.1) is 46.7 Å². The summed E-state index contributed by atoms with van der Waals surface area (Å²) in [7, 11) is -0.172. The highest BCUT2D eigenvalue weighted by molar-refractivity contribution is 7.44. The minimum absolute atomic E-state index is 0.0404. The molecule has 1 amide bonds. The van der Waals surface area contributed by atoms with Gasteiger partial charge in [-0.1, -0.05) is 30.3 Å². The summed E-state index contributed by atoms with van der Waals surface area (Å²) in [5, 5.41) is 34.8. The van der Waals surface area contributed by atoms with Crippen molar-refractivity contribution in [3.8, 4) is 6.07 Å². The molecule has 0 spiro atoms. The first-order valence-corrected chi connectivity index (χ1v) is 15.7. The van der Waals surface area contributed by atoms with Crippen molar-refractivity contribution in [1.29, 1.82) is 6.69 Å². The molecule has 2 aromatic rings. The molecule has 1 heterocycles. The van der Waals surface area contributed by atoms with Crippen LogP contribution in [0.2, 0.25) is 0 Å². The fourth-order valence-corrected chi connectivity index (χ4v) is 6.47. The first-order chi connectivity index (χ1) is 22.9. The number of non-ortho nitro benzene ring substituents is 1. The van der Waals surface area contributed by atoms with Gasteiger partial charge >= 0.3 is 0 Å². The van der Waals surface area contributed by atoms with Crippen molar-refractivity contribution in [2.24, 2.45) is 0 Å². The number of likely N-dealkylation sites (tertiary alicyclic amines) is 1. The molecule has 0 aliphatic carbocycles. The van der Waals surface area contributed by atoms with E-state index in [0.717, 1.165) is 17.2 Å². The zero-order valence-electron chi connectivity index (χ0n) is 28.6. The SMILES string of the molecule is [2H]C[C@@H]1C[C@@H](OP(OCCC#N)N(C(C)C)C(C)C)CN1C(=O)/C=C/c1ccc(/C=C/c2ccc([N+](=O)[O-])cc2[N+](=O)[O-])cc1.[3H]OC. The van der Waals surface area contributed by atoms with Gasteiger partial charge in [0.25, 0.3) is 19.9 Å². The van der Waals surface area contributed by atoms with Gasteiger partial charge in [0, 0.05) is 45.3 Å². The highest BCUT2D eigenvalue weighted by Crippen LogP contribution is 2.48. The molecule has 2 aromatic carbocycles. The Bertz CT molecular complexity index is 1460. The summed E-state index contributed by atoms with van der Waals surface area (Å²) in [6.45, 7) is 8.85. The minimum Gasteiger partial charge on any atom is -0.400 e. The van der Waals surface area contributed by atoms with Crippen molar-refractivity contribution in [3.63, 3.8) is 0 Å². The van der Waals surface area contributed by atoms with E-state index < -0.39 is 18.4 Å². The molecule has 1 aliphatic heterocycles. The fraction of sp³-hybridized carbons (Fsp3) is 0.438. The van der Waals surface area contributed by atoms with Gasteiger partial charge in [0.1, 0.15) is 0 Å². The van der Waals surface area contributed by atoms with E-state index in [1.807, 2.05) is 0 Å². The van der Waals surface area contributed by atoms with E-state index in [2.05, 4.69) is 43.5 Å². The van der Waals surface area contributed by atoms with Gasteiger partial charge in [0.15, 0.2) is 0 Å². The van der Waals surface area contributed by atoms with Crippen molar-refractivity contribution < 1.29 is 30.2 Å². The second kappa shape index (κ2) is 18.8. The third-order valence-electron chi connectivity index (χ3n) is 6.79. The van der Waals surface area contributed by atoms with Crippen LogP contribution in [0.4, 0.5) is 11.4 Å². The van der Waals surface area contributed by atoms with Gasteiger partial charge in [-0.2, -0.15) is 5.26 Å². The van der Waals surface area contributed by atoms with Crippen LogP contribution >= 0.6 is 8.53 Å². The molecule has 1 fully saturated rings. The van der Waals surface area contributed by atoms with E-state index in [4.69, 9.17) is 17.1 Å². The highest BCUT2D eigenvalue weighted by atomic mass is 31.2. The number of benzene rings is 2. The van der Waals surface area contributed by atoms with E-state index in [9.17, 15) is 25.0 Å². The maximum absolute atomic E-state index is 13.2. The van der Waals surface area contributed by atoms with Gasteiger partial charge in [-0.3, -0.25) is 25.0 Å². The number of aliphatic hydroxyl groups excluding tert-OH is 1. The maximum Gasteiger partial charge on any atom is 0.283 e. The second-order valence-corrected chi connectivity index (χ2v) is 12.2. The number of nitriles is 1. The van der Waals surface area contributed by atoms with Crippen LogP contribution in [0.15, 0.2) is 48.5 Å². The molecule has 0 aromatic heterocycles. The topological polar surface area (TPSA) is 172 Å². The highest BCUT2D eigenvalue weighted by Gasteiger charge is 2.37. The normalized spacial score (nSPS) is 17.6. The Labute approximate surface area is 273 Å². The van der Waals surface area contributed by atoms with Crippen LogP contribution in [0.3, 0.4) is 0 Å². The monoisotopic (exact) mass is 658 g/mol. The number of nitrogens with zero attached hydrogens (tertiary/aromatic N) is 5. The summed E-state index contributed by atoms with van der Waals surface area (Å²) in [5.74, 6) is -0.230. The average molecular weight is 659 g/mol. The molecular weight excluding hydrogens is 613 g/mol. The molecule has 46 heavy (non-hydrogen) atoms. The molecule has 14 heteroatoms. The molecule has 0 saturated carbocycles. The van der Waals surface area contributed by atoms with Crippen LogP contribution in [0.25, 0.3) is 18.2 Å². The van der Waals surface area contributed by atoms with Gasteiger partial charge in [-0.15, -0.1) is 0 Å². The lowest BCUT2D eigenvalue weighted by atomic mass is 10.1. The maximum atomic E-state index is 13.2. The molecular formula is C32H42N5O8P. The van der Waals surface area contributed by atoms with E-state index in [1.165, 1.54) is 31.4 Å². The molecule has 1 aliphatic rings. The van der Waals surface area contributed by atoms with Crippen molar-refractivity contribution in [2.75, 3.05) is 20.3 Å². The lowest BCUT2D eigenvalue weighted by Gasteiger charge is -2.36. The molecule has 3 rings (SSSR count). The van der Waals surface area contributed by atoms with Crippen LogP contribution in [0, 0.1) is 31.6 Å². The van der Waals surface area contributed by atoms with Crippen molar-refractivity contribution in [1.82, 2.24) is 9.57 Å². The Kier molecular flexibility index (Phi) is 14.2. The average Bonchev–Trinajstić information content (AvgIpc) is 3.46. The zero-order chi connectivity index (χ0) is 35.8. The van der Waals surface area contributed by atoms with Crippen LogP contribution in [-0.2, 0) is 13.8 Å². The molecule has 1 unspecified atom stereocenters. The fourth-order valence-electron chi connectivity index (χ4n) is 4.75. The molecule has 3 atom stereocenters. The van der Waals surface area contributed by atoms with Gasteiger partial charge < -0.3 is 19.1 Å². The van der Waals surface area contributed by atoms with E-state index in [1.54, 1.807) is 41.3 Å². The number of carbonyl (C=O) groups excluding carboxylic acids is 1. The van der Waals surface area contributed by atoms with Crippen LogP contribution in [-0.4, -0.2) is 76.4 Å². The number of amides is 1. The molecule has 0 radical (unpaired) electrons. The summed E-state index contributed by atoms with van der Waals surface area (Å²) < 4.78 is 28.3. The summed E-state index contributed by atoms with van der Waals surface area (Å²) in [4.78, 5) is 35.8. The number of hydrogen-bond donors (Lipinski definition) is 1. The lowest BCUT2D eigenvalue weighted by Crippen LogP contribution is -2.35. The minimum atomic E-state index is -1.46. The number of rotatable bonds is 14. The number of nitro groups is 2. The molecule has 248 valence electrons. The largest absolute Gasteiger partial charge is 0.400 e. The predicted molar refractivity (Wildman–Crippen MR) is 178 cm³/mol. The molecule has 1 saturated heterocycles. The van der Waals surface area contributed by atoms with Gasteiger partial charge in [0.2, 0.25) is 7.34 Å². The standard InChI is InChI=1S/C31H38N5O7P.CH4O/c1-22(2)34(23(3)4)44(42-18-6-17-32)43-29-19-24(5)33(21-29)31(37)16-12-26-9-7-25(8-10-26)11-13-27-14-15-28(35(38)39)20-30(27)36(40)41;1-2/h7-16,20,22-24,29H,6,18-19,21H2,1-5H3;2H,1H3/b13-11+,16-12+;/t24-,29-,44?;/m1./s1/i5D;2T. The van der Waals surface area contributed by atoms with E-state index >= 15 is 0 Å². The first kappa shape index (κ1) is 34.8. The lowest BCUT2D eigenvalue weighted by molar-refractivity contribution is -0.394.